The zero-order valence-corrected chi connectivity index (χ0v) is 11.3. The van der Waals surface area contributed by atoms with Crippen LogP contribution in [0.25, 0.3) is 5.65 Å². The van der Waals surface area contributed by atoms with Gasteiger partial charge in [0, 0.05) is 12.6 Å². The lowest BCUT2D eigenvalue weighted by Gasteiger charge is -2.20. The van der Waals surface area contributed by atoms with Crippen LogP contribution in [0, 0.1) is 5.92 Å². The van der Waals surface area contributed by atoms with Crippen LogP contribution in [0.4, 0.5) is 0 Å². The Hall–Kier alpha value is -1.56. The number of hydrogen-bond donors (Lipinski definition) is 1. The smallest absolute Gasteiger partial charge is 0.335 e. The van der Waals surface area contributed by atoms with Crippen molar-refractivity contribution in [3.63, 3.8) is 0 Å². The Balaban J connectivity index is 1.86. The van der Waals surface area contributed by atoms with E-state index in [9.17, 15) is 4.79 Å². The van der Waals surface area contributed by atoms with Crippen LogP contribution in [0.15, 0.2) is 18.3 Å². The lowest BCUT2D eigenvalue weighted by Crippen LogP contribution is -2.14. The van der Waals surface area contributed by atoms with Crippen molar-refractivity contribution >= 4 is 23.4 Å². The highest BCUT2D eigenvalue weighted by molar-refractivity contribution is 7.99. The maximum absolute atomic E-state index is 10.9. The molecule has 1 aliphatic rings. The number of carboxylic acids is 1. The number of fused-ring (bicyclic) bond motifs is 1. The average Bonchev–Trinajstić information content (AvgIpc) is 2.82. The van der Waals surface area contributed by atoms with Gasteiger partial charge in [0.05, 0.1) is 5.56 Å². The molecule has 2 aromatic rings. The van der Waals surface area contributed by atoms with Gasteiger partial charge in [0.15, 0.2) is 5.65 Å². The molecule has 5 nitrogen and oxygen atoms in total. The van der Waals surface area contributed by atoms with E-state index in [1.807, 2.05) is 16.2 Å². The summed E-state index contributed by atoms with van der Waals surface area (Å²) < 4.78 is 1.90. The Morgan fingerprint density at radius 1 is 1.42 bits per heavy atom. The number of carboxylic acid groups (broad SMARTS) is 1. The molecule has 3 heterocycles. The van der Waals surface area contributed by atoms with Crippen molar-refractivity contribution in [3.8, 4) is 0 Å². The van der Waals surface area contributed by atoms with Gasteiger partial charge in [0.2, 0.25) is 0 Å². The molecule has 2 aromatic heterocycles. The molecule has 0 atom stereocenters. The number of hydrogen-bond acceptors (Lipinski definition) is 4. The van der Waals surface area contributed by atoms with Crippen LogP contribution >= 0.6 is 11.8 Å². The van der Waals surface area contributed by atoms with Crippen LogP contribution in [0.5, 0.6) is 0 Å². The van der Waals surface area contributed by atoms with E-state index in [4.69, 9.17) is 5.11 Å². The molecule has 0 amide bonds. The largest absolute Gasteiger partial charge is 0.478 e. The predicted octanol–water partition coefficient (Wildman–Crippen LogP) is 2.11. The summed E-state index contributed by atoms with van der Waals surface area (Å²) >= 11 is 2.01. The monoisotopic (exact) mass is 277 g/mol. The fourth-order valence-electron chi connectivity index (χ4n) is 2.42. The van der Waals surface area contributed by atoms with Crippen LogP contribution in [0.3, 0.4) is 0 Å². The molecule has 0 aromatic carbocycles. The van der Waals surface area contributed by atoms with Gasteiger partial charge in [-0.15, -0.1) is 10.2 Å². The number of nitrogens with zero attached hydrogens (tertiary/aromatic N) is 3. The molecule has 1 N–H and O–H groups in total. The molecule has 100 valence electrons. The maximum atomic E-state index is 10.9. The normalized spacial score (nSPS) is 16.8. The third-order valence-corrected chi connectivity index (χ3v) is 4.59. The third-order valence-electron chi connectivity index (χ3n) is 3.54. The lowest BCUT2D eigenvalue weighted by atomic mass is 9.98. The molecule has 0 aliphatic carbocycles. The van der Waals surface area contributed by atoms with Crippen molar-refractivity contribution in [3.05, 3.63) is 29.7 Å². The number of pyridine rings is 1. The molecule has 0 unspecified atom stereocenters. The van der Waals surface area contributed by atoms with Gasteiger partial charge in [-0.2, -0.15) is 11.8 Å². The summed E-state index contributed by atoms with van der Waals surface area (Å²) in [6, 6.07) is 3.16. The fourth-order valence-corrected chi connectivity index (χ4v) is 3.63. The van der Waals surface area contributed by atoms with E-state index in [-0.39, 0.29) is 5.56 Å². The second-order valence-corrected chi connectivity index (χ2v) is 6.05. The van der Waals surface area contributed by atoms with E-state index in [0.717, 1.165) is 12.2 Å². The Morgan fingerprint density at radius 2 is 2.21 bits per heavy atom. The molecule has 0 spiro atoms. The molecular weight excluding hydrogens is 262 g/mol. The van der Waals surface area contributed by atoms with Gasteiger partial charge in [0.1, 0.15) is 5.82 Å². The Kier molecular flexibility index (Phi) is 3.42. The molecule has 0 radical (unpaired) electrons. The first-order valence-electron chi connectivity index (χ1n) is 6.39. The second-order valence-electron chi connectivity index (χ2n) is 4.82. The summed E-state index contributed by atoms with van der Waals surface area (Å²) in [5.41, 5.74) is 0.862. The van der Waals surface area contributed by atoms with Crippen LogP contribution < -0.4 is 0 Å². The number of thioether (sulfide) groups is 1. The van der Waals surface area contributed by atoms with Crippen molar-refractivity contribution in [2.75, 3.05) is 11.5 Å². The van der Waals surface area contributed by atoms with E-state index in [2.05, 4.69) is 10.2 Å². The average molecular weight is 277 g/mol. The SMILES string of the molecule is O=C(O)c1ccn2c(CC3CCSCC3)nnc2c1. The molecule has 0 saturated carbocycles. The molecule has 1 fully saturated rings. The summed E-state index contributed by atoms with van der Waals surface area (Å²) in [4.78, 5) is 10.9. The summed E-state index contributed by atoms with van der Waals surface area (Å²) in [6.07, 6.45) is 5.14. The van der Waals surface area contributed by atoms with E-state index >= 15 is 0 Å². The fraction of sp³-hybridized carbons (Fsp3) is 0.462. The highest BCUT2D eigenvalue weighted by Crippen LogP contribution is 2.25. The highest BCUT2D eigenvalue weighted by Gasteiger charge is 2.17. The van der Waals surface area contributed by atoms with Crippen LogP contribution in [-0.2, 0) is 6.42 Å². The van der Waals surface area contributed by atoms with Gasteiger partial charge >= 0.3 is 5.97 Å². The molecule has 1 saturated heterocycles. The van der Waals surface area contributed by atoms with Gasteiger partial charge < -0.3 is 5.11 Å². The standard InChI is InChI=1S/C13H15N3O2S/c17-13(18)10-1-4-16-11(14-15-12(16)8-10)7-9-2-5-19-6-3-9/h1,4,8-9H,2-3,5-7H2,(H,17,18). The zero-order valence-electron chi connectivity index (χ0n) is 10.5. The number of aromatic carboxylic acids is 1. The predicted molar refractivity (Wildman–Crippen MR) is 73.7 cm³/mol. The minimum Gasteiger partial charge on any atom is -0.478 e. The zero-order chi connectivity index (χ0) is 13.2. The minimum atomic E-state index is -0.934. The summed E-state index contributed by atoms with van der Waals surface area (Å²) in [6.45, 7) is 0. The van der Waals surface area contributed by atoms with E-state index in [1.54, 1.807) is 18.3 Å². The molecule has 19 heavy (non-hydrogen) atoms. The van der Waals surface area contributed by atoms with E-state index in [0.29, 0.717) is 11.6 Å². The van der Waals surface area contributed by atoms with Crippen molar-refractivity contribution in [2.24, 2.45) is 5.92 Å². The molecule has 6 heteroatoms. The van der Waals surface area contributed by atoms with Gasteiger partial charge in [-0.05, 0) is 42.4 Å². The van der Waals surface area contributed by atoms with E-state index in [1.165, 1.54) is 24.3 Å². The molecule has 3 rings (SSSR count). The Morgan fingerprint density at radius 3 is 2.95 bits per heavy atom. The Labute approximate surface area is 115 Å². The van der Waals surface area contributed by atoms with Gasteiger partial charge in [-0.25, -0.2) is 4.79 Å². The van der Waals surface area contributed by atoms with Crippen LogP contribution in [0.2, 0.25) is 0 Å². The first kappa shape index (κ1) is 12.5. The number of aromatic nitrogens is 3. The number of rotatable bonds is 3. The molecule has 0 bridgehead atoms. The second kappa shape index (κ2) is 5.21. The van der Waals surface area contributed by atoms with Gasteiger partial charge in [-0.3, -0.25) is 4.40 Å². The number of carbonyl (C=O) groups is 1. The van der Waals surface area contributed by atoms with E-state index < -0.39 is 5.97 Å². The molecular formula is C13H15N3O2S. The first-order valence-corrected chi connectivity index (χ1v) is 7.54. The summed E-state index contributed by atoms with van der Waals surface area (Å²) in [5, 5.41) is 17.2. The Bertz CT molecular complexity index is 605. The van der Waals surface area contributed by atoms with Gasteiger partial charge in [-0.1, -0.05) is 0 Å². The highest BCUT2D eigenvalue weighted by atomic mass is 32.2. The van der Waals surface area contributed by atoms with Crippen LogP contribution in [0.1, 0.15) is 29.0 Å². The van der Waals surface area contributed by atoms with Crippen LogP contribution in [-0.4, -0.2) is 37.2 Å². The van der Waals surface area contributed by atoms with Crippen molar-refractivity contribution < 1.29 is 9.90 Å². The first-order chi connectivity index (χ1) is 9.24. The summed E-state index contributed by atoms with van der Waals surface area (Å²) in [7, 11) is 0. The van der Waals surface area contributed by atoms with Crippen molar-refractivity contribution in [2.45, 2.75) is 19.3 Å². The maximum Gasteiger partial charge on any atom is 0.335 e. The third kappa shape index (κ3) is 2.58. The van der Waals surface area contributed by atoms with Crippen molar-refractivity contribution in [1.82, 2.24) is 14.6 Å². The minimum absolute atomic E-state index is 0.250. The molecule has 1 aliphatic heterocycles. The topological polar surface area (TPSA) is 67.5 Å². The van der Waals surface area contributed by atoms with Crippen molar-refractivity contribution in [1.29, 1.82) is 0 Å². The lowest BCUT2D eigenvalue weighted by molar-refractivity contribution is 0.0697. The summed E-state index contributed by atoms with van der Waals surface area (Å²) in [5.74, 6) is 3.13. The van der Waals surface area contributed by atoms with Gasteiger partial charge in [0.25, 0.3) is 0 Å². The quantitative estimate of drug-likeness (QED) is 0.930.